The molecule has 2 atom stereocenters. The summed E-state index contributed by atoms with van der Waals surface area (Å²) in [6.07, 6.45) is 3.07. The van der Waals surface area contributed by atoms with E-state index in [9.17, 15) is 24.6 Å². The number of hydrogen-bond donors (Lipinski definition) is 6. The number of aliphatic hydroxyl groups excluding tert-OH is 1. The first-order valence-corrected chi connectivity index (χ1v) is 10.4. The number of aryl methyl sites for hydroxylation is 1. The molecule has 0 unspecified atom stereocenters. The van der Waals surface area contributed by atoms with Gasteiger partial charge in [0.15, 0.2) is 0 Å². The summed E-state index contributed by atoms with van der Waals surface area (Å²) in [5, 5.41) is 41.1. The van der Waals surface area contributed by atoms with Gasteiger partial charge in [-0.3, -0.25) is 10.1 Å². The van der Waals surface area contributed by atoms with Gasteiger partial charge in [-0.15, -0.1) is 0 Å². The maximum atomic E-state index is 10.5. The number of methoxy groups -OCH3 is 1. The van der Waals surface area contributed by atoms with Gasteiger partial charge < -0.3 is 41.4 Å². The van der Waals surface area contributed by atoms with Crippen LogP contribution >= 0.6 is 0 Å². The Bertz CT molecular complexity index is 948. The number of nitrogens with one attached hydrogen (secondary N) is 2. The van der Waals surface area contributed by atoms with Crippen LogP contribution in [0.5, 0.6) is 11.5 Å². The summed E-state index contributed by atoms with van der Waals surface area (Å²) in [6.45, 7) is 2.03. The number of ether oxygens (including phenoxy) is 1. The maximum Gasteiger partial charge on any atom is 0.328 e. The van der Waals surface area contributed by atoms with Crippen LogP contribution in [-0.4, -0.2) is 69.1 Å². The van der Waals surface area contributed by atoms with E-state index in [2.05, 4.69) is 10.6 Å². The highest BCUT2D eigenvalue weighted by molar-refractivity contribution is 5.89. The highest BCUT2D eigenvalue weighted by atomic mass is 16.5. The quantitative estimate of drug-likeness (QED) is 0.101. The van der Waals surface area contributed by atoms with Crippen molar-refractivity contribution in [3.8, 4) is 11.5 Å². The van der Waals surface area contributed by atoms with Gasteiger partial charge in [-0.2, -0.15) is 0 Å². The van der Waals surface area contributed by atoms with E-state index in [4.69, 9.17) is 14.9 Å². The monoisotopic (exact) mass is 510 g/mol. The molecule has 0 spiro atoms. The molecular formula is C24H34N2O10. The Kier molecular flexibility index (Phi) is 17.5. The SMILES string of the molecule is COc1ccc(CC[C@@H](C)N[C@H](O)Cc2ccc(O)c(NC=O)c2)cc1.O.O.O=C(O)/C=C/C(=O)O. The van der Waals surface area contributed by atoms with E-state index in [1.807, 2.05) is 31.2 Å². The maximum absolute atomic E-state index is 10.5. The second-order valence-electron chi connectivity index (χ2n) is 7.30. The molecule has 0 fully saturated rings. The summed E-state index contributed by atoms with van der Waals surface area (Å²) in [4.78, 5) is 29.6. The molecule has 12 nitrogen and oxygen atoms in total. The Labute approximate surface area is 208 Å². The fourth-order valence-electron chi connectivity index (χ4n) is 2.90. The molecule has 0 aliphatic carbocycles. The number of anilines is 1. The van der Waals surface area contributed by atoms with Crippen LogP contribution in [-0.2, 0) is 27.2 Å². The van der Waals surface area contributed by atoms with Crippen molar-refractivity contribution in [2.24, 2.45) is 0 Å². The van der Waals surface area contributed by atoms with Crippen molar-refractivity contribution in [2.45, 2.75) is 38.5 Å². The van der Waals surface area contributed by atoms with Gasteiger partial charge in [-0.05, 0) is 55.2 Å². The zero-order chi connectivity index (χ0) is 25.5. The third-order valence-electron chi connectivity index (χ3n) is 4.57. The normalized spacial score (nSPS) is 11.5. The molecule has 0 heterocycles. The van der Waals surface area contributed by atoms with Crippen molar-refractivity contribution >= 4 is 24.0 Å². The number of phenolic OH excluding ortho intramolecular Hbond substituents is 1. The van der Waals surface area contributed by atoms with Crippen molar-refractivity contribution in [1.29, 1.82) is 0 Å². The van der Waals surface area contributed by atoms with Crippen molar-refractivity contribution < 1.29 is 50.5 Å². The highest BCUT2D eigenvalue weighted by Crippen LogP contribution is 2.24. The minimum Gasteiger partial charge on any atom is -0.506 e. The largest absolute Gasteiger partial charge is 0.506 e. The number of rotatable bonds is 12. The van der Waals surface area contributed by atoms with Gasteiger partial charge in [-0.25, -0.2) is 9.59 Å². The van der Waals surface area contributed by atoms with Gasteiger partial charge in [0.2, 0.25) is 6.41 Å². The molecule has 2 aromatic rings. The predicted molar refractivity (Wildman–Crippen MR) is 133 cm³/mol. The number of phenols is 1. The molecule has 200 valence electrons. The summed E-state index contributed by atoms with van der Waals surface area (Å²) >= 11 is 0. The lowest BCUT2D eigenvalue weighted by Crippen LogP contribution is -2.38. The number of aliphatic hydroxyl groups is 1. The van der Waals surface area contributed by atoms with Crippen LogP contribution in [0, 0.1) is 0 Å². The average Bonchev–Trinajstić information content (AvgIpc) is 2.79. The van der Waals surface area contributed by atoms with Gasteiger partial charge in [0, 0.05) is 24.6 Å². The zero-order valence-corrected chi connectivity index (χ0v) is 20.0. The Morgan fingerprint density at radius 2 is 1.56 bits per heavy atom. The summed E-state index contributed by atoms with van der Waals surface area (Å²) in [6, 6.07) is 13.0. The zero-order valence-electron chi connectivity index (χ0n) is 20.0. The molecule has 12 heteroatoms. The van der Waals surface area contributed by atoms with Crippen molar-refractivity contribution in [3.63, 3.8) is 0 Å². The van der Waals surface area contributed by atoms with Crippen LogP contribution in [0.3, 0.4) is 0 Å². The number of amides is 1. The first-order chi connectivity index (χ1) is 16.1. The highest BCUT2D eigenvalue weighted by Gasteiger charge is 2.11. The topological polar surface area (TPSA) is 228 Å². The molecule has 0 radical (unpaired) electrons. The molecule has 0 aliphatic heterocycles. The smallest absolute Gasteiger partial charge is 0.328 e. The molecule has 2 rings (SSSR count). The molecule has 0 aliphatic rings. The van der Waals surface area contributed by atoms with Crippen LogP contribution in [0.15, 0.2) is 54.6 Å². The van der Waals surface area contributed by atoms with Crippen LogP contribution in [0.1, 0.15) is 24.5 Å². The van der Waals surface area contributed by atoms with E-state index >= 15 is 0 Å². The third kappa shape index (κ3) is 14.3. The molecule has 36 heavy (non-hydrogen) atoms. The van der Waals surface area contributed by atoms with Crippen molar-refractivity contribution in [2.75, 3.05) is 12.4 Å². The lowest BCUT2D eigenvalue weighted by Gasteiger charge is -2.19. The Hall–Kier alpha value is -3.97. The minimum atomic E-state index is -1.26. The van der Waals surface area contributed by atoms with E-state index in [1.54, 1.807) is 19.2 Å². The van der Waals surface area contributed by atoms with E-state index < -0.39 is 18.2 Å². The van der Waals surface area contributed by atoms with Crippen molar-refractivity contribution in [1.82, 2.24) is 5.32 Å². The first kappa shape index (κ1) is 34.2. The van der Waals surface area contributed by atoms with Gasteiger partial charge in [0.05, 0.1) is 12.8 Å². The van der Waals surface area contributed by atoms with Gasteiger partial charge in [0.1, 0.15) is 17.7 Å². The molecule has 2 aromatic carbocycles. The third-order valence-corrected chi connectivity index (χ3v) is 4.57. The lowest BCUT2D eigenvalue weighted by atomic mass is 10.0. The van der Waals surface area contributed by atoms with Gasteiger partial charge >= 0.3 is 11.9 Å². The van der Waals surface area contributed by atoms with Crippen molar-refractivity contribution in [3.05, 3.63) is 65.7 Å². The number of benzene rings is 2. The Balaban J connectivity index is 0. The molecule has 0 saturated heterocycles. The standard InChI is InChI=1S/C20H26N2O4.C4H4O4.2H2O/c1-14(3-4-15-5-8-17(26-2)9-6-15)22-20(25)12-16-7-10-19(24)18(11-16)21-13-23;5-3(6)1-2-4(7)8;;/h5-11,13-14,20,22,24-25H,3-4,12H2,1-2H3,(H,21,23);1-2H,(H,5,6)(H,7,8);2*1H2/b;2-1+;;/t14-,20-;;;/m1.../s1. The van der Waals surface area contributed by atoms with Crippen LogP contribution in [0.4, 0.5) is 5.69 Å². The summed E-state index contributed by atoms with van der Waals surface area (Å²) < 4.78 is 5.15. The second kappa shape index (κ2) is 18.4. The number of carboxylic acid groups (broad SMARTS) is 2. The van der Waals surface area contributed by atoms with Gasteiger partial charge in [-0.1, -0.05) is 18.2 Å². The first-order valence-electron chi connectivity index (χ1n) is 10.4. The van der Waals surface area contributed by atoms with Gasteiger partial charge in [0.25, 0.3) is 0 Å². The van der Waals surface area contributed by atoms with E-state index in [1.165, 1.54) is 11.6 Å². The average molecular weight is 511 g/mol. The summed E-state index contributed by atoms with van der Waals surface area (Å²) in [7, 11) is 1.65. The number of carbonyl (C=O) groups is 3. The molecular weight excluding hydrogens is 476 g/mol. The minimum absolute atomic E-state index is 0. The number of aromatic hydroxyl groups is 1. The molecule has 10 N–H and O–H groups in total. The van der Waals surface area contributed by atoms with E-state index in [0.717, 1.165) is 24.2 Å². The summed E-state index contributed by atoms with van der Waals surface area (Å²) in [5.41, 5.74) is 2.36. The predicted octanol–water partition coefficient (Wildman–Crippen LogP) is 0.503. The van der Waals surface area contributed by atoms with E-state index in [-0.39, 0.29) is 22.7 Å². The summed E-state index contributed by atoms with van der Waals surface area (Å²) in [5.74, 6) is -1.68. The Morgan fingerprint density at radius 1 is 1.00 bits per heavy atom. The molecule has 0 saturated carbocycles. The second-order valence-corrected chi connectivity index (χ2v) is 7.30. The molecule has 0 aromatic heterocycles. The molecule has 0 bridgehead atoms. The number of carbonyl (C=O) groups excluding carboxylic acids is 1. The lowest BCUT2D eigenvalue weighted by molar-refractivity contribution is -0.134. The van der Waals surface area contributed by atoms with E-state index in [0.29, 0.717) is 30.7 Å². The number of hydrogen-bond acceptors (Lipinski definition) is 7. The fourth-order valence-corrected chi connectivity index (χ4v) is 2.90. The van der Waals surface area contributed by atoms with Crippen LogP contribution in [0.2, 0.25) is 0 Å². The fraction of sp³-hybridized carbons (Fsp3) is 0.292. The molecule has 1 amide bonds. The number of carboxylic acids is 2. The van der Waals surface area contributed by atoms with Crippen LogP contribution < -0.4 is 15.4 Å². The Morgan fingerprint density at radius 3 is 2.06 bits per heavy atom. The number of aliphatic carboxylic acids is 2. The van der Waals surface area contributed by atoms with Crippen LogP contribution in [0.25, 0.3) is 0 Å².